The lowest BCUT2D eigenvalue weighted by Gasteiger charge is -2.06. The molecule has 0 aromatic heterocycles. The lowest BCUT2D eigenvalue weighted by atomic mass is 10.0. The van der Waals surface area contributed by atoms with Crippen LogP contribution in [0.15, 0.2) is 0 Å². The van der Waals surface area contributed by atoms with E-state index in [2.05, 4.69) is 29.8 Å². The number of hydrogen-bond donors (Lipinski definition) is 0. The van der Waals surface area contributed by atoms with Gasteiger partial charge in [0.05, 0.1) is 0 Å². The van der Waals surface area contributed by atoms with E-state index in [9.17, 15) is 0 Å². The van der Waals surface area contributed by atoms with E-state index in [1.54, 1.807) is 0 Å². The van der Waals surface area contributed by atoms with Gasteiger partial charge in [0, 0.05) is 5.33 Å². The molecule has 0 radical (unpaired) electrons. The molecule has 19 heavy (non-hydrogen) atoms. The molecule has 0 N–H and O–H groups in total. The summed E-state index contributed by atoms with van der Waals surface area (Å²) in [5, 5.41) is 1.17. The molecular weight excluding hydrogens is 296 g/mol. The van der Waals surface area contributed by atoms with Crippen molar-refractivity contribution in [1.82, 2.24) is 0 Å². The van der Waals surface area contributed by atoms with Crippen molar-refractivity contribution >= 4 is 15.9 Å². The Morgan fingerprint density at radius 3 is 1.37 bits per heavy atom. The molecule has 0 rings (SSSR count). The predicted molar refractivity (Wildman–Crippen MR) is 93.3 cm³/mol. The van der Waals surface area contributed by atoms with Crippen molar-refractivity contribution in [1.29, 1.82) is 0 Å². The van der Waals surface area contributed by atoms with Crippen LogP contribution in [0.3, 0.4) is 0 Å². The van der Waals surface area contributed by atoms with Crippen molar-refractivity contribution < 1.29 is 0 Å². The molecule has 0 amide bonds. The second-order valence-electron chi connectivity index (χ2n) is 6.29. The highest BCUT2D eigenvalue weighted by atomic mass is 79.9. The highest BCUT2D eigenvalue weighted by molar-refractivity contribution is 9.09. The Morgan fingerprint density at radius 2 is 1.00 bits per heavy atom. The fourth-order valence-electron chi connectivity index (χ4n) is 2.59. The maximum absolute atomic E-state index is 3.55. The topological polar surface area (TPSA) is 0 Å². The highest BCUT2D eigenvalue weighted by Crippen LogP contribution is 2.15. The predicted octanol–water partition coefficient (Wildman–Crippen LogP) is 7.50. The molecular formula is C18H37Br. The summed E-state index contributed by atoms with van der Waals surface area (Å²) in [6.07, 6.45) is 20.4. The van der Waals surface area contributed by atoms with Crippen LogP contribution in [0.25, 0.3) is 0 Å². The second-order valence-corrected chi connectivity index (χ2v) is 6.94. The summed E-state index contributed by atoms with van der Waals surface area (Å²) < 4.78 is 0. The average molecular weight is 333 g/mol. The van der Waals surface area contributed by atoms with Gasteiger partial charge in [-0.15, -0.1) is 0 Å². The van der Waals surface area contributed by atoms with Crippen LogP contribution in [-0.4, -0.2) is 5.33 Å². The molecule has 1 unspecified atom stereocenters. The maximum atomic E-state index is 3.55. The Kier molecular flexibility index (Phi) is 17.0. The summed E-state index contributed by atoms with van der Waals surface area (Å²) in [5.41, 5.74) is 0. The SMILES string of the molecule is CCCCCCCCCCCCCCCC(C)CBr. The number of hydrogen-bond acceptors (Lipinski definition) is 0. The van der Waals surface area contributed by atoms with Crippen LogP contribution in [-0.2, 0) is 0 Å². The van der Waals surface area contributed by atoms with Crippen molar-refractivity contribution in [2.24, 2.45) is 5.92 Å². The van der Waals surface area contributed by atoms with Gasteiger partial charge in [-0.05, 0) is 12.3 Å². The quantitative estimate of drug-likeness (QED) is 0.215. The molecule has 0 spiro atoms. The van der Waals surface area contributed by atoms with Crippen LogP contribution < -0.4 is 0 Å². The van der Waals surface area contributed by atoms with E-state index >= 15 is 0 Å². The average Bonchev–Trinajstić information content (AvgIpc) is 2.43. The van der Waals surface area contributed by atoms with Crippen LogP contribution in [0.5, 0.6) is 0 Å². The van der Waals surface area contributed by atoms with Crippen LogP contribution in [0.1, 0.15) is 104 Å². The van der Waals surface area contributed by atoms with Crippen LogP contribution in [0, 0.1) is 5.92 Å². The fraction of sp³-hybridized carbons (Fsp3) is 1.00. The Bertz CT molecular complexity index is 156. The molecule has 0 aromatic carbocycles. The van der Waals surface area contributed by atoms with Gasteiger partial charge in [0.15, 0.2) is 0 Å². The van der Waals surface area contributed by atoms with Gasteiger partial charge in [0.1, 0.15) is 0 Å². The summed E-state index contributed by atoms with van der Waals surface area (Å²) in [6, 6.07) is 0. The second kappa shape index (κ2) is 16.5. The molecule has 0 heterocycles. The lowest BCUT2D eigenvalue weighted by molar-refractivity contribution is 0.508. The van der Waals surface area contributed by atoms with Gasteiger partial charge in [0.25, 0.3) is 0 Å². The largest absolute Gasteiger partial charge is 0.0925 e. The minimum Gasteiger partial charge on any atom is -0.0925 e. The minimum atomic E-state index is 0.868. The fourth-order valence-corrected chi connectivity index (χ4v) is 2.91. The van der Waals surface area contributed by atoms with Gasteiger partial charge in [-0.25, -0.2) is 0 Å². The summed E-state index contributed by atoms with van der Waals surface area (Å²) in [4.78, 5) is 0. The Morgan fingerprint density at radius 1 is 0.632 bits per heavy atom. The third kappa shape index (κ3) is 16.4. The van der Waals surface area contributed by atoms with E-state index in [4.69, 9.17) is 0 Å². The lowest BCUT2D eigenvalue weighted by Crippen LogP contribution is -1.94. The third-order valence-electron chi connectivity index (χ3n) is 4.06. The molecule has 116 valence electrons. The summed E-state index contributed by atoms with van der Waals surface area (Å²) in [5.74, 6) is 0.868. The summed E-state index contributed by atoms with van der Waals surface area (Å²) in [6.45, 7) is 4.63. The molecule has 0 saturated carbocycles. The van der Waals surface area contributed by atoms with Crippen molar-refractivity contribution in [3.63, 3.8) is 0 Å². The van der Waals surface area contributed by atoms with Crippen molar-refractivity contribution in [2.75, 3.05) is 5.33 Å². The normalized spacial score (nSPS) is 12.8. The first-order chi connectivity index (χ1) is 9.31. The number of rotatable bonds is 15. The molecule has 0 aliphatic carbocycles. The van der Waals surface area contributed by atoms with Gasteiger partial charge in [-0.2, -0.15) is 0 Å². The third-order valence-corrected chi connectivity index (χ3v) is 5.17. The van der Waals surface area contributed by atoms with Crippen molar-refractivity contribution in [3.05, 3.63) is 0 Å². The van der Waals surface area contributed by atoms with E-state index < -0.39 is 0 Å². The standard InChI is InChI=1S/C18H37Br/c1-3-4-5-6-7-8-9-10-11-12-13-14-15-16-18(2)17-19/h18H,3-17H2,1-2H3. The molecule has 0 nitrogen and oxygen atoms in total. The molecule has 1 heteroatoms. The first-order valence-electron chi connectivity index (χ1n) is 8.87. The summed E-state index contributed by atoms with van der Waals surface area (Å²) in [7, 11) is 0. The Labute approximate surface area is 131 Å². The van der Waals surface area contributed by atoms with Gasteiger partial charge >= 0.3 is 0 Å². The molecule has 1 atom stereocenters. The number of alkyl halides is 1. The molecule has 0 aliphatic rings. The molecule has 0 saturated heterocycles. The van der Waals surface area contributed by atoms with Crippen molar-refractivity contribution in [3.8, 4) is 0 Å². The van der Waals surface area contributed by atoms with E-state index in [-0.39, 0.29) is 0 Å². The zero-order valence-electron chi connectivity index (χ0n) is 13.6. The van der Waals surface area contributed by atoms with Crippen LogP contribution >= 0.6 is 15.9 Å². The summed E-state index contributed by atoms with van der Waals surface area (Å²) >= 11 is 3.55. The maximum Gasteiger partial charge on any atom is 0.00570 e. The number of halogens is 1. The zero-order chi connectivity index (χ0) is 14.2. The first kappa shape index (κ1) is 19.5. The van der Waals surface area contributed by atoms with E-state index in [0.717, 1.165) is 5.92 Å². The van der Waals surface area contributed by atoms with Crippen LogP contribution in [0.4, 0.5) is 0 Å². The van der Waals surface area contributed by atoms with Crippen molar-refractivity contribution in [2.45, 2.75) is 104 Å². The van der Waals surface area contributed by atoms with E-state index in [1.807, 2.05) is 0 Å². The Hall–Kier alpha value is 0.480. The zero-order valence-corrected chi connectivity index (χ0v) is 15.1. The smallest absolute Gasteiger partial charge is 0.00570 e. The minimum absolute atomic E-state index is 0.868. The molecule has 0 aliphatic heterocycles. The first-order valence-corrected chi connectivity index (χ1v) is 9.99. The van der Waals surface area contributed by atoms with Gasteiger partial charge < -0.3 is 0 Å². The number of unbranched alkanes of at least 4 members (excludes halogenated alkanes) is 12. The highest BCUT2D eigenvalue weighted by Gasteiger charge is 1.99. The molecule has 0 aromatic rings. The van der Waals surface area contributed by atoms with E-state index in [1.165, 1.54) is 95.2 Å². The Balaban J connectivity index is 2.95. The monoisotopic (exact) mass is 332 g/mol. The molecule has 0 bridgehead atoms. The van der Waals surface area contributed by atoms with Crippen LogP contribution in [0.2, 0.25) is 0 Å². The van der Waals surface area contributed by atoms with E-state index in [0.29, 0.717) is 0 Å². The molecule has 0 fully saturated rings. The van der Waals surface area contributed by atoms with Gasteiger partial charge in [0.2, 0.25) is 0 Å². The van der Waals surface area contributed by atoms with Gasteiger partial charge in [-0.1, -0.05) is 113 Å². The van der Waals surface area contributed by atoms with Gasteiger partial charge in [-0.3, -0.25) is 0 Å².